The van der Waals surface area contributed by atoms with Gasteiger partial charge in [0.2, 0.25) is 0 Å². The minimum atomic E-state index is -0.386. The second-order valence-corrected chi connectivity index (χ2v) is 8.08. The Labute approximate surface area is 172 Å². The van der Waals surface area contributed by atoms with Gasteiger partial charge in [-0.1, -0.05) is 12.1 Å². The second-order valence-electron chi connectivity index (χ2n) is 8.08. The zero-order valence-electron chi connectivity index (χ0n) is 17.3. The maximum absolute atomic E-state index is 13.2. The van der Waals surface area contributed by atoms with Crippen molar-refractivity contribution in [2.75, 3.05) is 6.61 Å². The lowest BCUT2D eigenvalue weighted by atomic mass is 9.75. The Balaban J connectivity index is 1.72. The van der Waals surface area contributed by atoms with E-state index in [9.17, 15) is 9.59 Å². The van der Waals surface area contributed by atoms with Crippen molar-refractivity contribution in [2.24, 2.45) is 0 Å². The van der Waals surface area contributed by atoms with Crippen LogP contribution in [0, 0.1) is 0 Å². The van der Waals surface area contributed by atoms with E-state index in [1.807, 2.05) is 38.1 Å². The highest BCUT2D eigenvalue weighted by Crippen LogP contribution is 2.43. The van der Waals surface area contributed by atoms with Crippen LogP contribution >= 0.6 is 0 Å². The summed E-state index contributed by atoms with van der Waals surface area (Å²) in [5.74, 6) is 0.218. The number of rotatable bonds is 5. The van der Waals surface area contributed by atoms with E-state index in [-0.39, 0.29) is 23.8 Å². The van der Waals surface area contributed by atoms with Gasteiger partial charge in [-0.15, -0.1) is 0 Å². The first-order valence-electron chi connectivity index (χ1n) is 10.8. The van der Waals surface area contributed by atoms with E-state index in [0.717, 1.165) is 66.8 Å². The molecule has 0 amide bonds. The molecule has 0 bridgehead atoms. The Kier molecular flexibility index (Phi) is 5.74. The number of ketones is 1. The van der Waals surface area contributed by atoms with E-state index in [1.165, 1.54) is 0 Å². The first-order valence-corrected chi connectivity index (χ1v) is 10.8. The number of Topliss-reactive ketones (excluding diaryl/α,β-unsaturated/α-hetero) is 1. The summed E-state index contributed by atoms with van der Waals surface area (Å²) in [5, 5.41) is 3.35. The average Bonchev–Trinajstić information content (AvgIpc) is 3.21. The van der Waals surface area contributed by atoms with Crippen molar-refractivity contribution < 1.29 is 19.1 Å². The molecule has 2 aliphatic carbocycles. The van der Waals surface area contributed by atoms with Crippen LogP contribution in [-0.2, 0) is 14.3 Å². The lowest BCUT2D eigenvalue weighted by Crippen LogP contribution is -2.35. The van der Waals surface area contributed by atoms with E-state index in [1.54, 1.807) is 0 Å². The van der Waals surface area contributed by atoms with Crippen LogP contribution in [-0.4, -0.2) is 24.5 Å². The summed E-state index contributed by atoms with van der Waals surface area (Å²) >= 11 is 0. The van der Waals surface area contributed by atoms with Gasteiger partial charge in [0.15, 0.2) is 5.78 Å². The third kappa shape index (κ3) is 3.96. The van der Waals surface area contributed by atoms with Crippen molar-refractivity contribution in [3.05, 3.63) is 52.4 Å². The summed E-state index contributed by atoms with van der Waals surface area (Å²) in [6, 6.07) is 7.74. The molecule has 1 N–H and O–H groups in total. The molecular weight excluding hydrogens is 366 g/mol. The lowest BCUT2D eigenvalue weighted by molar-refractivity contribution is -0.144. The molecule has 0 saturated heterocycles. The van der Waals surface area contributed by atoms with Gasteiger partial charge in [-0.05, 0) is 70.1 Å². The summed E-state index contributed by atoms with van der Waals surface area (Å²) in [4.78, 5) is 26.1. The van der Waals surface area contributed by atoms with E-state index >= 15 is 0 Å². The van der Waals surface area contributed by atoms with Crippen LogP contribution in [0.3, 0.4) is 0 Å². The van der Waals surface area contributed by atoms with Gasteiger partial charge in [0.1, 0.15) is 11.9 Å². The number of carbonyl (C=O) groups excluding carboxylic acids is 2. The third-order valence-corrected chi connectivity index (χ3v) is 6.10. The standard InChI is InChI=1S/C24H29NO4/c1-3-28-17-13-11-16(12-14-17)22-21(24(27)29-18-7-4-5-8-18)15(2)25-19-9-6-10-20(26)23(19)22/h11-14,18,22,25H,3-10H2,1-2H3/t22-/m0/s1. The Morgan fingerprint density at radius 1 is 1.10 bits per heavy atom. The number of nitrogens with one attached hydrogen (secondary N) is 1. The molecule has 1 saturated carbocycles. The zero-order chi connectivity index (χ0) is 20.4. The number of allylic oxidation sites excluding steroid dienone is 3. The van der Waals surface area contributed by atoms with Gasteiger partial charge in [0.05, 0.1) is 12.2 Å². The molecule has 1 atom stereocenters. The minimum absolute atomic E-state index is 0.0128. The van der Waals surface area contributed by atoms with Crippen LogP contribution in [0.4, 0.5) is 0 Å². The minimum Gasteiger partial charge on any atom is -0.494 e. The fourth-order valence-electron chi connectivity index (χ4n) is 4.73. The van der Waals surface area contributed by atoms with Crippen molar-refractivity contribution in [1.82, 2.24) is 5.32 Å². The molecule has 0 spiro atoms. The smallest absolute Gasteiger partial charge is 0.337 e. The monoisotopic (exact) mass is 395 g/mol. The normalized spacial score (nSPS) is 22.4. The Morgan fingerprint density at radius 2 is 1.83 bits per heavy atom. The molecular formula is C24H29NO4. The number of hydrogen-bond donors (Lipinski definition) is 1. The molecule has 5 heteroatoms. The first kappa shape index (κ1) is 19.7. The van der Waals surface area contributed by atoms with Crippen LogP contribution in [0.1, 0.15) is 70.3 Å². The third-order valence-electron chi connectivity index (χ3n) is 6.10. The number of hydrogen-bond acceptors (Lipinski definition) is 5. The molecule has 0 radical (unpaired) electrons. The number of dihydropyridines is 1. The molecule has 3 aliphatic rings. The molecule has 0 aromatic heterocycles. The lowest BCUT2D eigenvalue weighted by Gasteiger charge is -2.34. The number of carbonyl (C=O) groups is 2. The van der Waals surface area contributed by atoms with Crippen LogP contribution in [0.25, 0.3) is 0 Å². The molecule has 154 valence electrons. The van der Waals surface area contributed by atoms with Crippen molar-refractivity contribution in [3.63, 3.8) is 0 Å². The van der Waals surface area contributed by atoms with Gasteiger partial charge in [-0.2, -0.15) is 0 Å². The van der Waals surface area contributed by atoms with Crippen molar-refractivity contribution in [2.45, 2.75) is 70.8 Å². The number of ether oxygens (including phenoxy) is 2. The van der Waals surface area contributed by atoms with E-state index in [4.69, 9.17) is 9.47 Å². The average molecular weight is 395 g/mol. The zero-order valence-corrected chi connectivity index (χ0v) is 17.3. The number of benzene rings is 1. The molecule has 0 unspecified atom stereocenters. The SMILES string of the molecule is CCOc1ccc([C@H]2C(C(=O)OC3CCCC3)=C(C)NC3=C2C(=O)CCC3)cc1. The fourth-order valence-corrected chi connectivity index (χ4v) is 4.73. The van der Waals surface area contributed by atoms with Gasteiger partial charge in [-0.25, -0.2) is 4.79 Å². The molecule has 1 heterocycles. The van der Waals surface area contributed by atoms with Crippen LogP contribution in [0.2, 0.25) is 0 Å². The summed E-state index contributed by atoms with van der Waals surface area (Å²) in [6.07, 6.45) is 6.23. The highest BCUT2D eigenvalue weighted by molar-refractivity contribution is 6.03. The molecule has 1 aliphatic heterocycles. The van der Waals surface area contributed by atoms with Gasteiger partial charge in [0.25, 0.3) is 0 Å². The molecule has 1 fully saturated rings. The fraction of sp³-hybridized carbons (Fsp3) is 0.500. The molecule has 5 nitrogen and oxygen atoms in total. The van der Waals surface area contributed by atoms with Crippen LogP contribution < -0.4 is 10.1 Å². The van der Waals surface area contributed by atoms with Crippen LogP contribution in [0.15, 0.2) is 46.8 Å². The van der Waals surface area contributed by atoms with E-state index < -0.39 is 0 Å². The topological polar surface area (TPSA) is 64.6 Å². The second kappa shape index (κ2) is 8.44. The Morgan fingerprint density at radius 3 is 2.52 bits per heavy atom. The summed E-state index contributed by atoms with van der Waals surface area (Å²) in [5.41, 5.74) is 3.96. The van der Waals surface area contributed by atoms with Crippen molar-refractivity contribution in [3.8, 4) is 5.75 Å². The summed E-state index contributed by atoms with van der Waals surface area (Å²) < 4.78 is 11.4. The largest absolute Gasteiger partial charge is 0.494 e. The maximum Gasteiger partial charge on any atom is 0.337 e. The van der Waals surface area contributed by atoms with E-state index in [2.05, 4.69) is 5.32 Å². The molecule has 4 rings (SSSR count). The molecule has 1 aromatic rings. The van der Waals surface area contributed by atoms with Gasteiger partial charge >= 0.3 is 5.97 Å². The van der Waals surface area contributed by atoms with E-state index in [0.29, 0.717) is 18.6 Å². The summed E-state index contributed by atoms with van der Waals surface area (Å²) in [6.45, 7) is 4.45. The predicted octanol–water partition coefficient (Wildman–Crippen LogP) is 4.54. The van der Waals surface area contributed by atoms with Crippen molar-refractivity contribution >= 4 is 11.8 Å². The van der Waals surface area contributed by atoms with Gasteiger partial charge < -0.3 is 14.8 Å². The van der Waals surface area contributed by atoms with Crippen molar-refractivity contribution in [1.29, 1.82) is 0 Å². The quantitative estimate of drug-likeness (QED) is 0.742. The highest BCUT2D eigenvalue weighted by atomic mass is 16.5. The van der Waals surface area contributed by atoms with Gasteiger partial charge in [0, 0.05) is 29.3 Å². The first-order chi connectivity index (χ1) is 14.1. The van der Waals surface area contributed by atoms with Crippen LogP contribution in [0.5, 0.6) is 5.75 Å². The Bertz CT molecular complexity index is 859. The highest BCUT2D eigenvalue weighted by Gasteiger charge is 2.39. The predicted molar refractivity (Wildman–Crippen MR) is 110 cm³/mol. The molecule has 1 aromatic carbocycles. The Hall–Kier alpha value is -2.56. The maximum atomic E-state index is 13.2. The van der Waals surface area contributed by atoms with Gasteiger partial charge in [-0.3, -0.25) is 4.79 Å². The summed E-state index contributed by atoms with van der Waals surface area (Å²) in [7, 11) is 0. The number of esters is 1. The molecule has 29 heavy (non-hydrogen) atoms.